The molecule has 2 aromatic carbocycles. The zero-order valence-electron chi connectivity index (χ0n) is 18.7. The number of carbonyl (C=O) groups is 3. The lowest BCUT2D eigenvalue weighted by molar-refractivity contribution is -0.266. The first-order chi connectivity index (χ1) is 17.0. The highest BCUT2D eigenvalue weighted by molar-refractivity contribution is 6.31. The summed E-state index contributed by atoms with van der Waals surface area (Å²) >= 11 is 6.36. The lowest BCUT2D eigenvalue weighted by atomic mass is 9.87. The van der Waals surface area contributed by atoms with Crippen molar-refractivity contribution in [2.45, 2.75) is 49.4 Å². The van der Waals surface area contributed by atoms with E-state index in [4.69, 9.17) is 11.6 Å². The molecule has 1 saturated carbocycles. The van der Waals surface area contributed by atoms with Gasteiger partial charge in [0.1, 0.15) is 24.0 Å². The summed E-state index contributed by atoms with van der Waals surface area (Å²) in [6.07, 6.45) is -4.34. The first-order valence-electron chi connectivity index (χ1n) is 11.1. The Morgan fingerprint density at radius 1 is 1.17 bits per heavy atom. The third-order valence-corrected chi connectivity index (χ3v) is 6.61. The third kappa shape index (κ3) is 5.26. The number of hydrogen-bond acceptors (Lipinski definition) is 5. The molecule has 8 nitrogen and oxygen atoms in total. The van der Waals surface area contributed by atoms with Crippen LogP contribution in [0.3, 0.4) is 0 Å². The van der Waals surface area contributed by atoms with E-state index in [2.05, 4.69) is 5.32 Å². The quantitative estimate of drug-likeness (QED) is 0.602. The van der Waals surface area contributed by atoms with Crippen molar-refractivity contribution in [3.05, 3.63) is 64.9 Å². The second-order valence-electron chi connectivity index (χ2n) is 8.91. The van der Waals surface area contributed by atoms with Crippen LogP contribution >= 0.6 is 11.6 Å². The van der Waals surface area contributed by atoms with Gasteiger partial charge in [-0.3, -0.25) is 14.5 Å². The smallest absolute Gasteiger partial charge is 0.252 e. The number of aliphatic hydroxyl groups is 1. The standard InChI is InChI=1S/C24H23ClF3N3O5/c25-18-7-2-1-6-17(18)20(21(33)29-14-10-24(27,28)11-14)31(15-5-3-4-13(26)8-15)22(34)19-9-16(32)12-30(19)23(35)36/h1-8,14,16,19-20,32H,9-12H2,(H,29,33)(H,35,36)/p-1/t16?,19?,20-/m0/s1. The number of rotatable bonds is 6. The molecule has 2 aliphatic rings. The molecule has 1 heterocycles. The fraction of sp³-hybridized carbons (Fsp3) is 0.375. The number of nitrogens with zero attached hydrogens (tertiary/aromatic N) is 2. The van der Waals surface area contributed by atoms with Crippen LogP contribution in [-0.4, -0.2) is 58.6 Å². The molecule has 3 atom stereocenters. The van der Waals surface area contributed by atoms with Crippen molar-refractivity contribution in [1.29, 1.82) is 0 Å². The molecule has 2 aromatic rings. The van der Waals surface area contributed by atoms with E-state index in [0.29, 0.717) is 4.90 Å². The van der Waals surface area contributed by atoms with Crippen molar-refractivity contribution in [2.75, 3.05) is 11.4 Å². The zero-order valence-corrected chi connectivity index (χ0v) is 19.5. The van der Waals surface area contributed by atoms with E-state index < -0.39 is 73.3 Å². The van der Waals surface area contributed by atoms with Crippen LogP contribution in [-0.2, 0) is 9.59 Å². The predicted octanol–water partition coefficient (Wildman–Crippen LogP) is 2.25. The van der Waals surface area contributed by atoms with Crippen LogP contribution in [0, 0.1) is 5.82 Å². The number of halogens is 4. The third-order valence-electron chi connectivity index (χ3n) is 6.27. The van der Waals surface area contributed by atoms with Gasteiger partial charge in [0.25, 0.3) is 11.8 Å². The van der Waals surface area contributed by atoms with Crippen LogP contribution in [0.15, 0.2) is 48.5 Å². The largest absolute Gasteiger partial charge is 0.530 e. The van der Waals surface area contributed by atoms with Crippen molar-refractivity contribution >= 4 is 35.2 Å². The fourth-order valence-corrected chi connectivity index (χ4v) is 4.82. The maximum Gasteiger partial charge on any atom is 0.252 e. The molecule has 3 amide bonds. The Hall–Kier alpha value is -3.31. The van der Waals surface area contributed by atoms with E-state index in [1.54, 1.807) is 12.1 Å². The molecule has 1 aliphatic carbocycles. The number of nitrogens with one attached hydrogen (secondary N) is 1. The van der Waals surface area contributed by atoms with Gasteiger partial charge >= 0.3 is 0 Å². The summed E-state index contributed by atoms with van der Waals surface area (Å²) in [7, 11) is 0. The molecule has 2 N–H and O–H groups in total. The number of benzene rings is 2. The topological polar surface area (TPSA) is 113 Å². The summed E-state index contributed by atoms with van der Waals surface area (Å²) in [5.74, 6) is -5.48. The van der Waals surface area contributed by atoms with Gasteiger partial charge in [-0.15, -0.1) is 0 Å². The molecule has 1 aliphatic heterocycles. The lowest BCUT2D eigenvalue weighted by Crippen LogP contribution is -2.57. The number of aliphatic hydroxyl groups excluding tert-OH is 1. The average Bonchev–Trinajstić information content (AvgIpc) is 3.18. The second-order valence-corrected chi connectivity index (χ2v) is 9.31. The highest BCUT2D eigenvalue weighted by Gasteiger charge is 2.48. The van der Waals surface area contributed by atoms with Crippen LogP contribution in [0.1, 0.15) is 30.9 Å². The number of carbonyl (C=O) groups excluding carboxylic acids is 3. The van der Waals surface area contributed by atoms with E-state index in [0.717, 1.165) is 17.0 Å². The highest BCUT2D eigenvalue weighted by atomic mass is 35.5. The molecular formula is C24H22ClF3N3O5-. The number of amides is 3. The van der Waals surface area contributed by atoms with Gasteiger partial charge in [-0.05, 0) is 24.3 Å². The minimum absolute atomic E-state index is 0.0639. The van der Waals surface area contributed by atoms with Crippen molar-refractivity contribution in [3.63, 3.8) is 0 Å². The monoisotopic (exact) mass is 524 g/mol. The van der Waals surface area contributed by atoms with Gasteiger partial charge in [0.05, 0.1) is 6.10 Å². The minimum atomic E-state index is -2.93. The van der Waals surface area contributed by atoms with Crippen molar-refractivity contribution in [2.24, 2.45) is 0 Å². The number of likely N-dealkylation sites (tertiary alicyclic amines) is 1. The molecule has 2 unspecified atom stereocenters. The summed E-state index contributed by atoms with van der Waals surface area (Å²) in [6.45, 7) is -0.393. The van der Waals surface area contributed by atoms with Crippen molar-refractivity contribution in [1.82, 2.24) is 10.2 Å². The maximum absolute atomic E-state index is 14.2. The molecule has 1 saturated heterocycles. The van der Waals surface area contributed by atoms with Gasteiger partial charge < -0.3 is 25.2 Å². The molecule has 0 aromatic heterocycles. The first-order valence-corrected chi connectivity index (χ1v) is 11.5. The molecule has 36 heavy (non-hydrogen) atoms. The van der Waals surface area contributed by atoms with Gasteiger partial charge in [-0.1, -0.05) is 35.9 Å². The molecule has 0 radical (unpaired) electrons. The maximum atomic E-state index is 14.2. The van der Waals surface area contributed by atoms with E-state index in [1.165, 1.54) is 24.3 Å². The summed E-state index contributed by atoms with van der Waals surface area (Å²) in [5, 5.41) is 24.3. The van der Waals surface area contributed by atoms with Gasteiger partial charge in [-0.2, -0.15) is 0 Å². The minimum Gasteiger partial charge on any atom is -0.530 e. The number of anilines is 1. The Morgan fingerprint density at radius 3 is 2.47 bits per heavy atom. The average molecular weight is 525 g/mol. The Bertz CT molecular complexity index is 1180. The lowest BCUT2D eigenvalue weighted by Gasteiger charge is -2.39. The van der Waals surface area contributed by atoms with Gasteiger partial charge in [-0.25, -0.2) is 13.2 Å². The predicted molar refractivity (Wildman–Crippen MR) is 121 cm³/mol. The normalized spacial score (nSPS) is 22.0. The molecule has 4 rings (SSSR count). The Balaban J connectivity index is 1.80. The molecule has 192 valence electrons. The van der Waals surface area contributed by atoms with Crippen molar-refractivity contribution < 1.29 is 37.8 Å². The first kappa shape index (κ1) is 25.8. The van der Waals surface area contributed by atoms with Crippen molar-refractivity contribution in [3.8, 4) is 0 Å². The van der Waals surface area contributed by atoms with E-state index in [9.17, 15) is 37.8 Å². The Labute approximate surface area is 209 Å². The molecule has 2 fully saturated rings. The van der Waals surface area contributed by atoms with E-state index >= 15 is 0 Å². The Morgan fingerprint density at radius 2 is 1.86 bits per heavy atom. The highest BCUT2D eigenvalue weighted by Crippen LogP contribution is 2.39. The van der Waals surface area contributed by atoms with Crippen LogP contribution < -0.4 is 15.3 Å². The van der Waals surface area contributed by atoms with Gasteiger partial charge in [0, 0.05) is 48.1 Å². The number of β-amino-alcohol motifs (C(OH)–C–C–N with tert-alkyl or cyclic N) is 1. The fourth-order valence-electron chi connectivity index (χ4n) is 4.58. The summed E-state index contributed by atoms with van der Waals surface area (Å²) in [6, 6.07) is 6.85. The number of hydrogen-bond donors (Lipinski definition) is 2. The summed E-state index contributed by atoms with van der Waals surface area (Å²) < 4.78 is 41.1. The molecule has 0 bridgehead atoms. The van der Waals surface area contributed by atoms with Gasteiger partial charge in [0.2, 0.25) is 5.91 Å². The Kier molecular flexibility index (Phi) is 7.14. The van der Waals surface area contributed by atoms with Crippen LogP contribution in [0.25, 0.3) is 0 Å². The zero-order chi connectivity index (χ0) is 26.2. The SMILES string of the molecule is O=C(NC1CC(F)(F)C1)[C@H](c1ccccc1Cl)N(C(=O)C1CC(O)CN1C(=O)[O-])c1cccc(F)c1. The van der Waals surface area contributed by atoms with E-state index in [-0.39, 0.29) is 22.7 Å². The molecule has 12 heteroatoms. The number of alkyl halides is 2. The molecular weight excluding hydrogens is 503 g/mol. The van der Waals surface area contributed by atoms with Crippen LogP contribution in [0.5, 0.6) is 0 Å². The second kappa shape index (κ2) is 9.98. The van der Waals surface area contributed by atoms with Crippen LogP contribution in [0.2, 0.25) is 5.02 Å². The number of carboxylic acid groups (broad SMARTS) is 1. The van der Waals surface area contributed by atoms with E-state index in [1.807, 2.05) is 0 Å². The summed E-state index contributed by atoms with van der Waals surface area (Å²) in [5.41, 5.74) is 0.0117. The van der Waals surface area contributed by atoms with Gasteiger partial charge in [0.15, 0.2) is 0 Å². The summed E-state index contributed by atoms with van der Waals surface area (Å²) in [4.78, 5) is 40.5. The van der Waals surface area contributed by atoms with Crippen LogP contribution in [0.4, 0.5) is 23.7 Å². The molecule has 0 spiro atoms.